The molecule has 5 nitrogen and oxygen atoms in total. The average Bonchev–Trinajstić information content (AvgIpc) is 2.88. The van der Waals surface area contributed by atoms with Crippen molar-refractivity contribution in [3.8, 4) is 0 Å². The van der Waals surface area contributed by atoms with Crippen LogP contribution in [0.25, 0.3) is 0 Å². The third-order valence-corrected chi connectivity index (χ3v) is 9.07. The number of thioether (sulfide) groups is 1. The largest absolute Gasteiger partial charge is 0.324 e. The number of nitrogens with zero attached hydrogens (tertiary/aromatic N) is 1. The van der Waals surface area contributed by atoms with E-state index in [1.807, 2.05) is 50.2 Å². The normalized spacial score (nSPS) is 11.2. The van der Waals surface area contributed by atoms with E-state index in [0.29, 0.717) is 15.8 Å². The second kappa shape index (κ2) is 12.0. The number of carbonyl (C=O) groups is 1. The first-order valence-corrected chi connectivity index (χ1v) is 14.9. The number of hydrogen-bond donors (Lipinski definition) is 1. The summed E-state index contributed by atoms with van der Waals surface area (Å²) in [4.78, 5) is 14.4. The van der Waals surface area contributed by atoms with Crippen molar-refractivity contribution >= 4 is 55.0 Å². The van der Waals surface area contributed by atoms with Gasteiger partial charge in [0.15, 0.2) is 0 Å². The fraction of sp³-hybridized carbons (Fsp3) is 0.138. The Morgan fingerprint density at radius 3 is 2.30 bits per heavy atom. The summed E-state index contributed by atoms with van der Waals surface area (Å²) in [6, 6.07) is 29.6. The molecule has 0 aliphatic rings. The first kappa shape index (κ1) is 27.0. The van der Waals surface area contributed by atoms with E-state index in [-0.39, 0.29) is 11.4 Å². The number of amides is 1. The summed E-state index contributed by atoms with van der Waals surface area (Å²) < 4.78 is 29.0. The van der Waals surface area contributed by atoms with Crippen molar-refractivity contribution in [2.75, 3.05) is 16.2 Å². The van der Waals surface area contributed by atoms with Gasteiger partial charge in [0.1, 0.15) is 6.54 Å². The van der Waals surface area contributed by atoms with E-state index in [2.05, 4.69) is 33.4 Å². The van der Waals surface area contributed by atoms with Gasteiger partial charge in [-0.05, 0) is 73.5 Å². The van der Waals surface area contributed by atoms with Crippen LogP contribution < -0.4 is 9.62 Å². The summed E-state index contributed by atoms with van der Waals surface area (Å²) in [6.45, 7) is 3.46. The minimum atomic E-state index is -3.98. The molecule has 0 fully saturated rings. The zero-order valence-electron chi connectivity index (χ0n) is 20.5. The number of rotatable bonds is 9. The SMILES string of the molecule is Cc1ccc(S(=O)(=O)N(CC(=O)Nc2ccc(CSc3ccccc3)cc2C)c2cccc(Br)c2)cc1. The van der Waals surface area contributed by atoms with Crippen LogP contribution in [0.15, 0.2) is 111 Å². The van der Waals surface area contributed by atoms with Gasteiger partial charge >= 0.3 is 0 Å². The summed E-state index contributed by atoms with van der Waals surface area (Å²) in [7, 11) is -3.98. The van der Waals surface area contributed by atoms with Crippen LogP contribution in [0.1, 0.15) is 16.7 Å². The van der Waals surface area contributed by atoms with Gasteiger partial charge in [-0.3, -0.25) is 9.10 Å². The van der Waals surface area contributed by atoms with Gasteiger partial charge < -0.3 is 5.32 Å². The summed E-state index contributed by atoms with van der Waals surface area (Å²) >= 11 is 5.15. The van der Waals surface area contributed by atoms with Gasteiger partial charge in [-0.25, -0.2) is 8.42 Å². The molecule has 0 unspecified atom stereocenters. The number of anilines is 2. The summed E-state index contributed by atoms with van der Waals surface area (Å²) in [6.07, 6.45) is 0. The third-order valence-electron chi connectivity index (χ3n) is 5.71. The summed E-state index contributed by atoms with van der Waals surface area (Å²) in [5.74, 6) is 0.384. The lowest BCUT2D eigenvalue weighted by molar-refractivity contribution is -0.114. The van der Waals surface area contributed by atoms with Crippen LogP contribution in [0, 0.1) is 13.8 Å². The maximum absolute atomic E-state index is 13.6. The molecule has 0 heterocycles. The van der Waals surface area contributed by atoms with Crippen molar-refractivity contribution < 1.29 is 13.2 Å². The molecule has 0 atom stereocenters. The Kier molecular flexibility index (Phi) is 8.74. The molecule has 0 aromatic heterocycles. The lowest BCUT2D eigenvalue weighted by Gasteiger charge is -2.24. The Morgan fingerprint density at radius 1 is 0.892 bits per heavy atom. The van der Waals surface area contributed by atoms with E-state index in [1.165, 1.54) is 4.90 Å². The van der Waals surface area contributed by atoms with Crippen LogP contribution in [0.2, 0.25) is 0 Å². The van der Waals surface area contributed by atoms with E-state index in [1.54, 1.807) is 60.3 Å². The number of sulfonamides is 1. The molecule has 1 amide bonds. The Bertz CT molecular complexity index is 1490. The van der Waals surface area contributed by atoms with E-state index in [0.717, 1.165) is 26.7 Å². The molecule has 0 aliphatic carbocycles. The van der Waals surface area contributed by atoms with E-state index >= 15 is 0 Å². The molecule has 0 saturated heterocycles. The molecule has 4 aromatic carbocycles. The van der Waals surface area contributed by atoms with Crippen molar-refractivity contribution in [3.63, 3.8) is 0 Å². The minimum absolute atomic E-state index is 0.127. The zero-order chi connectivity index (χ0) is 26.4. The Hall–Kier alpha value is -3.07. The fourth-order valence-corrected chi connectivity index (χ4v) is 6.41. The van der Waals surface area contributed by atoms with Crippen LogP contribution in [-0.4, -0.2) is 20.9 Å². The molecule has 37 heavy (non-hydrogen) atoms. The van der Waals surface area contributed by atoms with Crippen LogP contribution in [-0.2, 0) is 20.6 Å². The second-order valence-corrected chi connectivity index (χ2v) is 12.4. The number of aryl methyl sites for hydroxylation is 2. The van der Waals surface area contributed by atoms with E-state index in [4.69, 9.17) is 0 Å². The molecule has 1 N–H and O–H groups in total. The standard InChI is InChI=1S/C29H27BrN2O3S2/c1-21-11-14-27(15-12-21)37(34,35)32(25-8-6-7-24(30)18-25)19-29(33)31-28-16-13-23(17-22(28)2)20-36-26-9-4-3-5-10-26/h3-18H,19-20H2,1-2H3,(H,31,33). The predicted octanol–water partition coefficient (Wildman–Crippen LogP) is 7.19. The molecule has 4 aromatic rings. The first-order valence-electron chi connectivity index (χ1n) is 11.6. The topological polar surface area (TPSA) is 66.5 Å². The molecule has 0 saturated carbocycles. The highest BCUT2D eigenvalue weighted by molar-refractivity contribution is 9.10. The van der Waals surface area contributed by atoms with E-state index in [9.17, 15) is 13.2 Å². The zero-order valence-corrected chi connectivity index (χ0v) is 23.7. The van der Waals surface area contributed by atoms with Crippen molar-refractivity contribution in [1.82, 2.24) is 0 Å². The molecule has 0 bridgehead atoms. The second-order valence-electron chi connectivity index (χ2n) is 8.60. The number of benzene rings is 4. The fourth-order valence-electron chi connectivity index (χ4n) is 3.74. The van der Waals surface area contributed by atoms with Crippen LogP contribution >= 0.6 is 27.7 Å². The molecule has 4 rings (SSSR count). The van der Waals surface area contributed by atoms with Gasteiger partial charge in [-0.15, -0.1) is 11.8 Å². The minimum Gasteiger partial charge on any atom is -0.324 e. The lowest BCUT2D eigenvalue weighted by Crippen LogP contribution is -2.38. The highest BCUT2D eigenvalue weighted by Gasteiger charge is 2.27. The maximum Gasteiger partial charge on any atom is 0.264 e. The first-order chi connectivity index (χ1) is 17.7. The van der Waals surface area contributed by atoms with E-state index < -0.39 is 15.9 Å². The molecule has 8 heteroatoms. The van der Waals surface area contributed by atoms with Crippen LogP contribution in [0.3, 0.4) is 0 Å². The molecule has 0 aliphatic heterocycles. The maximum atomic E-state index is 13.6. The van der Waals surface area contributed by atoms with Gasteiger partial charge in [-0.2, -0.15) is 0 Å². The van der Waals surface area contributed by atoms with Gasteiger partial charge in [0.05, 0.1) is 10.6 Å². The molecule has 0 radical (unpaired) electrons. The van der Waals surface area contributed by atoms with Gasteiger partial charge in [0.25, 0.3) is 10.0 Å². The van der Waals surface area contributed by atoms with Crippen LogP contribution in [0.5, 0.6) is 0 Å². The highest BCUT2D eigenvalue weighted by Crippen LogP contribution is 2.28. The monoisotopic (exact) mass is 594 g/mol. The van der Waals surface area contributed by atoms with Crippen molar-refractivity contribution in [2.24, 2.45) is 0 Å². The Balaban J connectivity index is 1.52. The number of hydrogen-bond acceptors (Lipinski definition) is 4. The lowest BCUT2D eigenvalue weighted by atomic mass is 10.1. The highest BCUT2D eigenvalue weighted by atomic mass is 79.9. The number of carbonyl (C=O) groups excluding carboxylic acids is 1. The summed E-state index contributed by atoms with van der Waals surface area (Å²) in [5.41, 5.74) is 4.05. The van der Waals surface area contributed by atoms with Crippen molar-refractivity contribution in [2.45, 2.75) is 29.4 Å². The molecular weight excluding hydrogens is 568 g/mol. The molecule has 0 spiro atoms. The van der Waals surface area contributed by atoms with Crippen molar-refractivity contribution in [3.05, 3.63) is 118 Å². The molecular formula is C29H27BrN2O3S2. The Morgan fingerprint density at radius 2 is 1.62 bits per heavy atom. The quantitative estimate of drug-likeness (QED) is 0.208. The average molecular weight is 596 g/mol. The van der Waals surface area contributed by atoms with Gasteiger partial charge in [0, 0.05) is 20.8 Å². The number of nitrogens with one attached hydrogen (secondary N) is 1. The number of halogens is 1. The van der Waals surface area contributed by atoms with Gasteiger partial charge in [0.2, 0.25) is 5.91 Å². The summed E-state index contributed by atoms with van der Waals surface area (Å²) in [5, 5.41) is 2.90. The Labute approximate surface area is 231 Å². The van der Waals surface area contributed by atoms with Gasteiger partial charge in [-0.1, -0.05) is 70.0 Å². The van der Waals surface area contributed by atoms with Crippen molar-refractivity contribution in [1.29, 1.82) is 0 Å². The third kappa shape index (κ3) is 7.03. The van der Waals surface area contributed by atoms with Crippen LogP contribution in [0.4, 0.5) is 11.4 Å². The smallest absolute Gasteiger partial charge is 0.264 e. The molecule has 190 valence electrons. The predicted molar refractivity (Wildman–Crippen MR) is 156 cm³/mol.